The van der Waals surface area contributed by atoms with E-state index in [1.807, 2.05) is 74.5 Å². The number of ketones is 1. The van der Waals surface area contributed by atoms with Crippen LogP contribution in [0.25, 0.3) is 10.9 Å². The van der Waals surface area contributed by atoms with Crippen LogP contribution in [-0.2, 0) is 0 Å². The highest BCUT2D eigenvalue weighted by Crippen LogP contribution is 2.38. The van der Waals surface area contributed by atoms with Crippen LogP contribution >= 0.6 is 11.8 Å². The Labute approximate surface area is 162 Å². The Balaban J connectivity index is 1.77. The Morgan fingerprint density at radius 1 is 1.00 bits per heavy atom. The molecule has 1 N–H and O–H groups in total. The summed E-state index contributed by atoms with van der Waals surface area (Å²) in [6, 6.07) is 19.7. The number of fused-ring (bicyclic) bond motifs is 1. The van der Waals surface area contributed by atoms with Crippen LogP contribution < -0.4 is 0 Å². The van der Waals surface area contributed by atoms with Crippen molar-refractivity contribution in [3.05, 3.63) is 89.5 Å². The smallest absolute Gasteiger partial charge is 0.182 e. The van der Waals surface area contributed by atoms with Gasteiger partial charge in [-0.25, -0.2) is 9.97 Å². The van der Waals surface area contributed by atoms with E-state index in [0.29, 0.717) is 11.4 Å². The summed E-state index contributed by atoms with van der Waals surface area (Å²) in [6.45, 7) is 3.81. The minimum Gasteiger partial charge on any atom is -0.360 e. The van der Waals surface area contributed by atoms with Crippen molar-refractivity contribution >= 4 is 28.4 Å². The molecule has 0 spiro atoms. The monoisotopic (exact) mass is 373 g/mol. The zero-order valence-corrected chi connectivity index (χ0v) is 16.0. The molecule has 0 saturated carbocycles. The van der Waals surface area contributed by atoms with E-state index in [-0.39, 0.29) is 11.0 Å². The number of carbonyl (C=O) groups excluding carboxylic acids is 1. The third-order valence-electron chi connectivity index (χ3n) is 4.38. The molecule has 1 atom stereocenters. The minimum atomic E-state index is -0.376. The molecular weight excluding hydrogens is 354 g/mol. The fraction of sp³-hybridized carbons (Fsp3) is 0.136. The summed E-state index contributed by atoms with van der Waals surface area (Å²) in [7, 11) is 0. The van der Waals surface area contributed by atoms with E-state index in [9.17, 15) is 4.79 Å². The number of benzene rings is 2. The zero-order chi connectivity index (χ0) is 18.8. The maximum absolute atomic E-state index is 13.5. The zero-order valence-electron chi connectivity index (χ0n) is 15.1. The third kappa shape index (κ3) is 3.64. The van der Waals surface area contributed by atoms with Crippen molar-refractivity contribution < 1.29 is 4.79 Å². The van der Waals surface area contributed by atoms with Crippen molar-refractivity contribution in [1.82, 2.24) is 15.0 Å². The lowest BCUT2D eigenvalue weighted by Gasteiger charge is -2.16. The molecule has 2 heterocycles. The predicted molar refractivity (Wildman–Crippen MR) is 109 cm³/mol. The number of aryl methyl sites for hydroxylation is 2. The van der Waals surface area contributed by atoms with Gasteiger partial charge in [-0.3, -0.25) is 4.79 Å². The summed E-state index contributed by atoms with van der Waals surface area (Å²) < 4.78 is 0. The number of hydrogen-bond acceptors (Lipinski definition) is 4. The van der Waals surface area contributed by atoms with Gasteiger partial charge in [0.25, 0.3) is 0 Å². The molecule has 0 fully saturated rings. The highest BCUT2D eigenvalue weighted by atomic mass is 32.2. The molecule has 4 aromatic rings. The number of H-pyrrole nitrogens is 1. The second-order valence-electron chi connectivity index (χ2n) is 6.42. The van der Waals surface area contributed by atoms with Crippen molar-refractivity contribution in [2.75, 3.05) is 0 Å². The first-order chi connectivity index (χ1) is 13.1. The Kier molecular flexibility index (Phi) is 4.77. The summed E-state index contributed by atoms with van der Waals surface area (Å²) in [4.78, 5) is 25.6. The van der Waals surface area contributed by atoms with Crippen molar-refractivity contribution in [3.8, 4) is 0 Å². The highest BCUT2D eigenvalue weighted by Gasteiger charge is 2.26. The number of carbonyl (C=O) groups is 1. The van der Waals surface area contributed by atoms with Gasteiger partial charge in [-0.1, -0.05) is 60.3 Å². The molecular formula is C22H19N3OS. The first kappa shape index (κ1) is 17.5. The molecule has 5 heteroatoms. The Hall–Kier alpha value is -2.92. The van der Waals surface area contributed by atoms with Gasteiger partial charge >= 0.3 is 0 Å². The standard InChI is InChI=1S/C22H19N3OS/c1-14-12-20(25-15(2)24-14)27-22(16-8-4-3-5-9-16)21(26)18-13-23-19-11-7-6-10-17(18)19/h3-13,22-23H,1-2H3. The van der Waals surface area contributed by atoms with Gasteiger partial charge in [-0.15, -0.1) is 0 Å². The molecule has 0 amide bonds. The van der Waals surface area contributed by atoms with Crippen LogP contribution in [0, 0.1) is 13.8 Å². The molecule has 0 radical (unpaired) electrons. The molecule has 4 nitrogen and oxygen atoms in total. The lowest BCUT2D eigenvalue weighted by Crippen LogP contribution is -2.10. The minimum absolute atomic E-state index is 0.0672. The number of hydrogen-bond donors (Lipinski definition) is 1. The van der Waals surface area contributed by atoms with Crippen molar-refractivity contribution in [2.45, 2.75) is 24.1 Å². The maximum Gasteiger partial charge on any atom is 0.182 e. The van der Waals surface area contributed by atoms with Crippen LogP contribution in [0.3, 0.4) is 0 Å². The van der Waals surface area contributed by atoms with Gasteiger partial charge in [0.2, 0.25) is 0 Å². The summed E-state index contributed by atoms with van der Waals surface area (Å²) in [5, 5.41) is 1.38. The number of nitrogens with one attached hydrogen (secondary N) is 1. The van der Waals surface area contributed by atoms with E-state index in [4.69, 9.17) is 0 Å². The lowest BCUT2D eigenvalue weighted by atomic mass is 10.0. The lowest BCUT2D eigenvalue weighted by molar-refractivity contribution is 0.0991. The van der Waals surface area contributed by atoms with Gasteiger partial charge in [-0.05, 0) is 31.5 Å². The quantitative estimate of drug-likeness (QED) is 0.293. The third-order valence-corrected chi connectivity index (χ3v) is 5.55. The van der Waals surface area contributed by atoms with E-state index in [1.54, 1.807) is 6.20 Å². The van der Waals surface area contributed by atoms with Gasteiger partial charge in [0, 0.05) is 28.4 Å². The maximum atomic E-state index is 13.5. The predicted octanol–water partition coefficient (Wildman–Crippen LogP) is 5.29. The number of aromatic amines is 1. The van der Waals surface area contributed by atoms with E-state index in [0.717, 1.165) is 27.2 Å². The fourth-order valence-electron chi connectivity index (χ4n) is 3.18. The Morgan fingerprint density at radius 2 is 1.74 bits per heavy atom. The molecule has 27 heavy (non-hydrogen) atoms. The van der Waals surface area contributed by atoms with Crippen molar-refractivity contribution in [3.63, 3.8) is 0 Å². The summed E-state index contributed by atoms with van der Waals surface area (Å²) in [5.74, 6) is 0.779. The van der Waals surface area contributed by atoms with Crippen LogP contribution in [0.1, 0.15) is 32.7 Å². The molecule has 0 aliphatic carbocycles. The molecule has 0 saturated heterocycles. The largest absolute Gasteiger partial charge is 0.360 e. The van der Waals surface area contributed by atoms with Gasteiger partial charge in [-0.2, -0.15) is 0 Å². The van der Waals surface area contributed by atoms with Crippen molar-refractivity contribution in [1.29, 1.82) is 0 Å². The second kappa shape index (κ2) is 7.37. The van der Waals surface area contributed by atoms with Gasteiger partial charge in [0.05, 0.1) is 5.25 Å². The molecule has 0 aliphatic heterocycles. The molecule has 2 aromatic heterocycles. The first-order valence-corrected chi connectivity index (χ1v) is 9.64. The van der Waals surface area contributed by atoms with Crippen LogP contribution in [0.4, 0.5) is 0 Å². The number of thioether (sulfide) groups is 1. The van der Waals surface area contributed by atoms with E-state index >= 15 is 0 Å². The molecule has 4 rings (SSSR count). The highest BCUT2D eigenvalue weighted by molar-refractivity contribution is 8.00. The molecule has 2 aromatic carbocycles. The molecule has 134 valence electrons. The normalized spacial score (nSPS) is 12.2. The van der Waals surface area contributed by atoms with Crippen LogP contribution in [0.5, 0.6) is 0 Å². The summed E-state index contributed by atoms with van der Waals surface area (Å²) in [6.07, 6.45) is 1.81. The Morgan fingerprint density at radius 3 is 2.52 bits per heavy atom. The fourth-order valence-corrected chi connectivity index (χ4v) is 4.37. The molecule has 0 aliphatic rings. The number of para-hydroxylation sites is 1. The van der Waals surface area contributed by atoms with Crippen LogP contribution in [0.15, 0.2) is 71.9 Å². The average molecular weight is 373 g/mol. The van der Waals surface area contributed by atoms with Crippen LogP contribution in [-0.4, -0.2) is 20.7 Å². The number of Topliss-reactive ketones (excluding diaryl/α,β-unsaturated/α-hetero) is 1. The topological polar surface area (TPSA) is 58.6 Å². The van der Waals surface area contributed by atoms with Gasteiger partial charge < -0.3 is 4.98 Å². The Bertz CT molecular complexity index is 1080. The van der Waals surface area contributed by atoms with E-state index in [1.165, 1.54) is 11.8 Å². The summed E-state index contributed by atoms with van der Waals surface area (Å²) >= 11 is 1.47. The number of aromatic nitrogens is 3. The SMILES string of the molecule is Cc1cc(SC(C(=O)c2c[nH]c3ccccc23)c2ccccc2)nc(C)n1. The first-order valence-electron chi connectivity index (χ1n) is 8.76. The second-order valence-corrected chi connectivity index (χ2v) is 7.54. The number of nitrogens with zero attached hydrogens (tertiary/aromatic N) is 2. The van der Waals surface area contributed by atoms with Gasteiger partial charge in [0.15, 0.2) is 5.78 Å². The van der Waals surface area contributed by atoms with Gasteiger partial charge in [0.1, 0.15) is 10.9 Å². The van der Waals surface area contributed by atoms with Crippen LogP contribution in [0.2, 0.25) is 0 Å². The molecule has 0 bridgehead atoms. The van der Waals surface area contributed by atoms with E-state index in [2.05, 4.69) is 15.0 Å². The number of rotatable bonds is 5. The van der Waals surface area contributed by atoms with Crippen molar-refractivity contribution in [2.24, 2.45) is 0 Å². The molecule has 1 unspecified atom stereocenters. The average Bonchev–Trinajstić information content (AvgIpc) is 3.10. The van der Waals surface area contributed by atoms with E-state index < -0.39 is 0 Å². The summed E-state index contributed by atoms with van der Waals surface area (Å²) in [5.41, 5.74) is 3.53.